The van der Waals surface area contributed by atoms with Gasteiger partial charge in [0.1, 0.15) is 11.5 Å². The Morgan fingerprint density at radius 1 is 1.10 bits per heavy atom. The normalized spacial score (nSPS) is 11.8. The summed E-state index contributed by atoms with van der Waals surface area (Å²) < 4.78 is 4.97. The zero-order valence-corrected chi connectivity index (χ0v) is 15.9. The first-order valence-corrected chi connectivity index (χ1v) is 8.97. The maximum atomic E-state index is 12.3. The zero-order valence-electron chi connectivity index (χ0n) is 15.9. The molecule has 4 rings (SSSR count). The third-order valence-corrected chi connectivity index (χ3v) is 4.42. The number of carbonyl (C=O) groups excluding carboxylic acids is 1. The molecule has 0 bridgehead atoms. The molecular formula is C20H19N7O2. The Bertz CT molecular complexity index is 1130. The fourth-order valence-corrected chi connectivity index (χ4v) is 2.92. The van der Waals surface area contributed by atoms with Crippen LogP contribution >= 0.6 is 0 Å². The van der Waals surface area contributed by atoms with E-state index in [1.807, 2.05) is 37.3 Å². The van der Waals surface area contributed by atoms with E-state index in [-0.39, 0.29) is 18.1 Å². The van der Waals surface area contributed by atoms with Crippen LogP contribution in [0.1, 0.15) is 18.5 Å². The number of aromatic nitrogens is 5. The number of ether oxygens (including phenoxy) is 1. The van der Waals surface area contributed by atoms with Gasteiger partial charge in [0.05, 0.1) is 18.7 Å². The molecule has 0 aliphatic heterocycles. The van der Waals surface area contributed by atoms with Gasteiger partial charge in [-0.25, -0.2) is 19.7 Å². The van der Waals surface area contributed by atoms with Crippen molar-refractivity contribution in [3.63, 3.8) is 0 Å². The summed E-state index contributed by atoms with van der Waals surface area (Å²) in [5.41, 5.74) is 3.15. The number of rotatable bonds is 5. The third-order valence-electron chi connectivity index (χ3n) is 4.42. The number of nitrogens with zero attached hydrogens (tertiary/aromatic N) is 4. The van der Waals surface area contributed by atoms with E-state index in [1.54, 1.807) is 24.7 Å². The number of amides is 2. The van der Waals surface area contributed by atoms with Gasteiger partial charge in [0.15, 0.2) is 0 Å². The lowest BCUT2D eigenvalue weighted by Gasteiger charge is -2.14. The molecule has 9 nitrogen and oxygen atoms in total. The lowest BCUT2D eigenvalue weighted by Crippen LogP contribution is -2.31. The monoisotopic (exact) mass is 389 g/mol. The molecule has 3 N–H and O–H groups in total. The third kappa shape index (κ3) is 3.98. The fraction of sp³-hybridized carbons (Fsp3) is 0.150. The zero-order chi connectivity index (χ0) is 20.2. The molecule has 29 heavy (non-hydrogen) atoms. The van der Waals surface area contributed by atoms with E-state index in [9.17, 15) is 4.79 Å². The van der Waals surface area contributed by atoms with Crippen LogP contribution in [0.4, 0.5) is 10.6 Å². The maximum absolute atomic E-state index is 12.3. The van der Waals surface area contributed by atoms with Crippen LogP contribution in [0.2, 0.25) is 0 Å². The molecule has 0 spiro atoms. The van der Waals surface area contributed by atoms with Gasteiger partial charge in [-0.1, -0.05) is 30.3 Å². The molecule has 0 radical (unpaired) electrons. The predicted octanol–water partition coefficient (Wildman–Crippen LogP) is 3.31. The minimum absolute atomic E-state index is 0.131. The highest BCUT2D eigenvalue weighted by Gasteiger charge is 2.13. The molecule has 3 heterocycles. The number of hydrogen-bond donors (Lipinski definition) is 3. The summed E-state index contributed by atoms with van der Waals surface area (Å²) in [6.45, 7) is 1.92. The highest BCUT2D eigenvalue weighted by atomic mass is 16.5. The summed E-state index contributed by atoms with van der Waals surface area (Å²) in [7, 11) is 1.51. The lowest BCUT2D eigenvalue weighted by atomic mass is 10.1. The van der Waals surface area contributed by atoms with Crippen molar-refractivity contribution in [1.29, 1.82) is 0 Å². The van der Waals surface area contributed by atoms with Crippen LogP contribution in [0.15, 0.2) is 55.0 Å². The SMILES string of the molecule is COc1ncc(-c2n[nH]c3cc(NC(=O)NC(C)c4ccccc4)ncc23)cn1. The number of fused-ring (bicyclic) bond motifs is 1. The quantitative estimate of drug-likeness (QED) is 0.482. The van der Waals surface area contributed by atoms with Crippen molar-refractivity contribution in [3.05, 3.63) is 60.6 Å². The molecule has 2 amide bonds. The van der Waals surface area contributed by atoms with E-state index in [2.05, 4.69) is 35.8 Å². The molecule has 0 aliphatic rings. The van der Waals surface area contributed by atoms with Crippen LogP contribution in [-0.4, -0.2) is 38.3 Å². The number of H-pyrrole nitrogens is 1. The maximum Gasteiger partial charge on any atom is 0.320 e. The van der Waals surface area contributed by atoms with E-state index in [4.69, 9.17) is 4.74 Å². The highest BCUT2D eigenvalue weighted by Crippen LogP contribution is 2.26. The summed E-state index contributed by atoms with van der Waals surface area (Å²) in [6.07, 6.45) is 4.91. The first-order valence-electron chi connectivity index (χ1n) is 8.97. The number of aromatic amines is 1. The number of nitrogens with one attached hydrogen (secondary N) is 3. The summed E-state index contributed by atoms with van der Waals surface area (Å²) in [4.78, 5) is 24.8. The summed E-state index contributed by atoms with van der Waals surface area (Å²) in [5, 5.41) is 13.7. The van der Waals surface area contributed by atoms with Gasteiger partial charge in [-0.2, -0.15) is 5.10 Å². The largest absolute Gasteiger partial charge is 0.467 e. The summed E-state index contributed by atoms with van der Waals surface area (Å²) in [6, 6.07) is 11.3. The van der Waals surface area contributed by atoms with E-state index < -0.39 is 0 Å². The summed E-state index contributed by atoms with van der Waals surface area (Å²) >= 11 is 0. The van der Waals surface area contributed by atoms with Crippen molar-refractivity contribution >= 4 is 22.8 Å². The lowest BCUT2D eigenvalue weighted by molar-refractivity contribution is 0.249. The van der Waals surface area contributed by atoms with Gasteiger partial charge in [0.2, 0.25) is 0 Å². The van der Waals surface area contributed by atoms with E-state index in [1.165, 1.54) is 7.11 Å². The van der Waals surface area contributed by atoms with E-state index in [0.29, 0.717) is 11.5 Å². The van der Waals surface area contributed by atoms with Crippen molar-refractivity contribution in [1.82, 2.24) is 30.5 Å². The molecule has 146 valence electrons. The number of carbonyl (C=O) groups is 1. The van der Waals surface area contributed by atoms with Crippen LogP contribution in [0.25, 0.3) is 22.2 Å². The molecule has 1 aromatic carbocycles. The fourth-order valence-electron chi connectivity index (χ4n) is 2.92. The predicted molar refractivity (Wildman–Crippen MR) is 108 cm³/mol. The molecule has 0 saturated carbocycles. The second-order valence-electron chi connectivity index (χ2n) is 6.38. The van der Waals surface area contributed by atoms with Gasteiger partial charge < -0.3 is 10.1 Å². The summed E-state index contributed by atoms with van der Waals surface area (Å²) in [5.74, 6) is 0.413. The Hall–Kier alpha value is -4.01. The molecule has 1 atom stereocenters. The number of methoxy groups -OCH3 is 1. The second-order valence-corrected chi connectivity index (χ2v) is 6.38. The molecule has 0 aliphatic carbocycles. The van der Waals surface area contributed by atoms with Crippen molar-refractivity contribution in [2.45, 2.75) is 13.0 Å². The van der Waals surface area contributed by atoms with Crippen LogP contribution in [0.3, 0.4) is 0 Å². The Morgan fingerprint density at radius 3 is 2.59 bits per heavy atom. The second kappa shape index (κ2) is 7.93. The van der Waals surface area contributed by atoms with Crippen LogP contribution in [0, 0.1) is 0 Å². The van der Waals surface area contributed by atoms with Crippen LogP contribution < -0.4 is 15.4 Å². The molecule has 0 saturated heterocycles. The van der Waals surface area contributed by atoms with Gasteiger partial charge in [-0.3, -0.25) is 10.4 Å². The molecule has 1 unspecified atom stereocenters. The highest BCUT2D eigenvalue weighted by molar-refractivity contribution is 5.95. The van der Waals surface area contributed by atoms with Crippen molar-refractivity contribution in [2.24, 2.45) is 0 Å². The van der Waals surface area contributed by atoms with Crippen LogP contribution in [-0.2, 0) is 0 Å². The molecule has 9 heteroatoms. The smallest absolute Gasteiger partial charge is 0.320 e. The molecule has 4 aromatic rings. The van der Waals surface area contributed by atoms with Gasteiger partial charge in [-0.15, -0.1) is 0 Å². The van der Waals surface area contributed by atoms with E-state index >= 15 is 0 Å². The molecular weight excluding hydrogens is 370 g/mol. The first-order chi connectivity index (χ1) is 14.1. The Labute approximate surface area is 166 Å². The Morgan fingerprint density at radius 2 is 1.86 bits per heavy atom. The van der Waals surface area contributed by atoms with Crippen molar-refractivity contribution in [3.8, 4) is 17.3 Å². The van der Waals surface area contributed by atoms with Crippen LogP contribution in [0.5, 0.6) is 6.01 Å². The minimum atomic E-state index is -0.337. The standard InChI is InChI=1S/C20H19N7O2/c1-12(13-6-4-3-5-7-13)24-19(28)25-17-8-16-15(11-21-17)18(27-26-16)14-9-22-20(29-2)23-10-14/h3-12H,1-2H3,(H,26,27)(H2,21,24,25,28). The van der Waals surface area contributed by atoms with Crippen molar-refractivity contribution in [2.75, 3.05) is 12.4 Å². The Kier molecular flexibility index (Phi) is 5.02. The minimum Gasteiger partial charge on any atom is -0.467 e. The number of pyridine rings is 1. The van der Waals surface area contributed by atoms with Crippen molar-refractivity contribution < 1.29 is 9.53 Å². The number of hydrogen-bond acceptors (Lipinski definition) is 6. The first kappa shape index (κ1) is 18.4. The molecule has 3 aromatic heterocycles. The van der Waals surface area contributed by atoms with Gasteiger partial charge in [0, 0.05) is 35.6 Å². The number of urea groups is 1. The van der Waals surface area contributed by atoms with Gasteiger partial charge in [0.25, 0.3) is 0 Å². The van der Waals surface area contributed by atoms with Gasteiger partial charge >= 0.3 is 12.0 Å². The molecule has 0 fully saturated rings. The Balaban J connectivity index is 1.48. The topological polar surface area (TPSA) is 118 Å². The average molecular weight is 389 g/mol. The average Bonchev–Trinajstić information content (AvgIpc) is 3.17. The number of benzene rings is 1. The van der Waals surface area contributed by atoms with Gasteiger partial charge in [-0.05, 0) is 12.5 Å². The van der Waals surface area contributed by atoms with E-state index in [0.717, 1.165) is 22.0 Å². The number of anilines is 1.